The first-order valence-corrected chi connectivity index (χ1v) is 16.6. The van der Waals surface area contributed by atoms with Gasteiger partial charge < -0.3 is 0 Å². The van der Waals surface area contributed by atoms with Gasteiger partial charge in [-0.05, 0) is 112 Å². The van der Waals surface area contributed by atoms with E-state index in [2.05, 4.69) is 172 Å². The van der Waals surface area contributed by atoms with E-state index in [4.69, 9.17) is 0 Å². The Balaban J connectivity index is 1.35. The normalized spacial score (nSPS) is 13.5. The van der Waals surface area contributed by atoms with Crippen molar-refractivity contribution in [3.8, 4) is 66.8 Å². The Hall–Kier alpha value is -5.72. The third-order valence-corrected chi connectivity index (χ3v) is 10.8. The summed E-state index contributed by atoms with van der Waals surface area (Å²) < 4.78 is 0. The highest BCUT2D eigenvalue weighted by Crippen LogP contribution is 2.62. The Labute approximate surface area is 275 Å². The van der Waals surface area contributed by atoms with E-state index in [1.165, 1.54) is 99.4 Å². The van der Waals surface area contributed by atoms with E-state index in [0.29, 0.717) is 0 Å². The molecule has 8 aromatic rings. The van der Waals surface area contributed by atoms with Gasteiger partial charge in [-0.2, -0.15) is 0 Å². The van der Waals surface area contributed by atoms with Gasteiger partial charge >= 0.3 is 0 Å². The third kappa shape index (κ3) is 3.59. The van der Waals surface area contributed by atoms with Crippen LogP contribution in [0.15, 0.2) is 158 Å². The second-order valence-corrected chi connectivity index (χ2v) is 13.6. The highest BCUT2D eigenvalue weighted by atomic mass is 14.4. The minimum atomic E-state index is -0.148. The minimum absolute atomic E-state index is 0.148. The molecule has 0 heteroatoms. The molecule has 0 aliphatic heterocycles. The van der Waals surface area contributed by atoms with E-state index in [0.717, 1.165) is 0 Å². The lowest BCUT2D eigenvalue weighted by Crippen LogP contribution is -2.15. The van der Waals surface area contributed by atoms with Gasteiger partial charge in [0.15, 0.2) is 0 Å². The zero-order valence-electron chi connectivity index (χ0n) is 26.5. The first-order valence-electron chi connectivity index (χ1n) is 16.6. The Morgan fingerprint density at radius 1 is 0.319 bits per heavy atom. The molecule has 0 spiro atoms. The van der Waals surface area contributed by atoms with Gasteiger partial charge in [-0.25, -0.2) is 0 Å². The number of fused-ring (bicyclic) bond motifs is 8. The van der Waals surface area contributed by atoms with E-state index < -0.39 is 0 Å². The molecule has 0 saturated carbocycles. The van der Waals surface area contributed by atoms with Gasteiger partial charge in [0.2, 0.25) is 0 Å². The Morgan fingerprint density at radius 2 is 0.851 bits per heavy atom. The van der Waals surface area contributed by atoms with Crippen LogP contribution in [0.2, 0.25) is 0 Å². The quantitative estimate of drug-likeness (QED) is 0.190. The molecular weight excluding hydrogens is 565 g/mol. The standard InChI is InChI=1S/C47H32/c1-47(2)39-27-32(29-15-6-3-7-16-29)25-26-35(39)44-36-23-14-24-37-43(36)38(28-40(44)47)46-42(31-19-10-5-11-20-31)34-22-13-12-21-33(34)41(45(37)46)30-17-8-4-9-18-30/h3-28H,1-2H3. The molecule has 0 unspecified atom stereocenters. The van der Waals surface area contributed by atoms with Crippen LogP contribution in [0.1, 0.15) is 25.0 Å². The minimum Gasteiger partial charge on any atom is -0.0622 e. The Bertz CT molecular complexity index is 2550. The molecule has 0 amide bonds. The van der Waals surface area contributed by atoms with Gasteiger partial charge in [-0.15, -0.1) is 0 Å². The van der Waals surface area contributed by atoms with Crippen LogP contribution in [-0.4, -0.2) is 0 Å². The highest BCUT2D eigenvalue weighted by Gasteiger charge is 2.40. The molecule has 47 heavy (non-hydrogen) atoms. The fraction of sp³-hybridized carbons (Fsp3) is 0.0638. The molecule has 2 aliphatic carbocycles. The lowest BCUT2D eigenvalue weighted by molar-refractivity contribution is 0.661. The number of benzene rings is 8. The molecule has 8 aromatic carbocycles. The van der Waals surface area contributed by atoms with Gasteiger partial charge in [0.25, 0.3) is 0 Å². The zero-order valence-corrected chi connectivity index (χ0v) is 26.5. The van der Waals surface area contributed by atoms with Crippen molar-refractivity contribution in [3.05, 3.63) is 169 Å². The molecule has 0 aromatic heterocycles. The lowest BCUT2D eigenvalue weighted by atomic mass is 9.79. The number of hydrogen-bond donors (Lipinski definition) is 0. The van der Waals surface area contributed by atoms with Crippen LogP contribution in [0, 0.1) is 0 Å². The predicted octanol–water partition coefficient (Wildman–Crippen LogP) is 12.9. The molecule has 0 saturated heterocycles. The van der Waals surface area contributed by atoms with Crippen LogP contribution in [0.4, 0.5) is 0 Å². The molecular formula is C47H32. The number of hydrogen-bond acceptors (Lipinski definition) is 0. The molecule has 220 valence electrons. The fourth-order valence-corrected chi connectivity index (χ4v) is 8.69. The van der Waals surface area contributed by atoms with Gasteiger partial charge in [-0.3, -0.25) is 0 Å². The van der Waals surface area contributed by atoms with Crippen LogP contribution >= 0.6 is 0 Å². The summed E-state index contributed by atoms with van der Waals surface area (Å²) in [6, 6.07) is 58.5. The van der Waals surface area contributed by atoms with Crippen molar-refractivity contribution in [2.75, 3.05) is 0 Å². The van der Waals surface area contributed by atoms with Crippen LogP contribution in [0.5, 0.6) is 0 Å². The summed E-state index contributed by atoms with van der Waals surface area (Å²) in [6.07, 6.45) is 0. The van der Waals surface area contributed by atoms with E-state index in [1.54, 1.807) is 0 Å². The molecule has 0 atom stereocenters. The molecule has 0 heterocycles. The summed E-state index contributed by atoms with van der Waals surface area (Å²) in [5.41, 5.74) is 18.6. The molecule has 0 fully saturated rings. The monoisotopic (exact) mass is 596 g/mol. The van der Waals surface area contributed by atoms with Gasteiger partial charge in [0.1, 0.15) is 0 Å². The maximum absolute atomic E-state index is 2.56. The van der Waals surface area contributed by atoms with Crippen molar-refractivity contribution in [1.82, 2.24) is 0 Å². The summed E-state index contributed by atoms with van der Waals surface area (Å²) >= 11 is 0. The highest BCUT2D eigenvalue weighted by molar-refractivity contribution is 6.29. The van der Waals surface area contributed by atoms with Crippen molar-refractivity contribution in [1.29, 1.82) is 0 Å². The lowest BCUT2D eigenvalue weighted by Gasteiger charge is -2.24. The van der Waals surface area contributed by atoms with Crippen molar-refractivity contribution < 1.29 is 0 Å². The SMILES string of the molecule is CC1(C)c2cc(-c3ccccc3)ccc2-c2c1cc1c3c(cccc23)-c2c-1c(-c1ccccc1)c1ccccc1c2-c1ccccc1. The third-order valence-electron chi connectivity index (χ3n) is 10.8. The molecule has 2 aliphatic rings. The summed E-state index contributed by atoms with van der Waals surface area (Å²) in [5, 5.41) is 5.33. The van der Waals surface area contributed by atoms with Gasteiger partial charge in [-0.1, -0.05) is 159 Å². The fourth-order valence-electron chi connectivity index (χ4n) is 8.69. The van der Waals surface area contributed by atoms with Crippen LogP contribution in [0.25, 0.3) is 88.3 Å². The first kappa shape index (κ1) is 26.5. The van der Waals surface area contributed by atoms with Crippen LogP contribution in [-0.2, 0) is 5.41 Å². The summed E-state index contributed by atoms with van der Waals surface area (Å²) in [6.45, 7) is 4.83. The molecule has 0 radical (unpaired) electrons. The van der Waals surface area contributed by atoms with Crippen molar-refractivity contribution >= 4 is 21.5 Å². The summed E-state index contributed by atoms with van der Waals surface area (Å²) in [4.78, 5) is 0. The summed E-state index contributed by atoms with van der Waals surface area (Å²) in [7, 11) is 0. The van der Waals surface area contributed by atoms with Crippen molar-refractivity contribution in [3.63, 3.8) is 0 Å². The summed E-state index contributed by atoms with van der Waals surface area (Å²) in [5.74, 6) is 0. The largest absolute Gasteiger partial charge is 0.0622 e. The zero-order chi connectivity index (χ0) is 31.3. The first-order chi connectivity index (χ1) is 23.1. The molecule has 0 N–H and O–H groups in total. The van der Waals surface area contributed by atoms with E-state index in [1.807, 2.05) is 0 Å². The second-order valence-electron chi connectivity index (χ2n) is 13.6. The molecule has 0 nitrogen and oxygen atoms in total. The van der Waals surface area contributed by atoms with Gasteiger partial charge in [0.05, 0.1) is 0 Å². The molecule has 0 bridgehead atoms. The second kappa shape index (κ2) is 9.64. The topological polar surface area (TPSA) is 0 Å². The van der Waals surface area contributed by atoms with Gasteiger partial charge in [0, 0.05) is 5.41 Å². The average Bonchev–Trinajstić information content (AvgIpc) is 3.57. The maximum atomic E-state index is 2.56. The predicted molar refractivity (Wildman–Crippen MR) is 200 cm³/mol. The smallest absolute Gasteiger partial charge is 0.0159 e. The van der Waals surface area contributed by atoms with E-state index in [-0.39, 0.29) is 5.41 Å². The average molecular weight is 597 g/mol. The number of rotatable bonds is 3. The van der Waals surface area contributed by atoms with Crippen molar-refractivity contribution in [2.45, 2.75) is 19.3 Å². The molecule has 10 rings (SSSR count). The van der Waals surface area contributed by atoms with Crippen molar-refractivity contribution in [2.24, 2.45) is 0 Å². The maximum Gasteiger partial charge on any atom is 0.0159 e. The Morgan fingerprint density at radius 3 is 1.47 bits per heavy atom. The van der Waals surface area contributed by atoms with E-state index in [9.17, 15) is 0 Å². The van der Waals surface area contributed by atoms with E-state index >= 15 is 0 Å². The Kier molecular flexibility index (Phi) is 5.44. The van der Waals surface area contributed by atoms with Crippen LogP contribution < -0.4 is 0 Å². The van der Waals surface area contributed by atoms with Crippen LogP contribution in [0.3, 0.4) is 0 Å².